The normalized spacial score (nSPS) is 20.4. The summed E-state index contributed by atoms with van der Waals surface area (Å²) in [6.45, 7) is 0.582. The molecule has 1 saturated carbocycles. The Hall–Kier alpha value is -4.68. The van der Waals surface area contributed by atoms with Gasteiger partial charge in [-0.1, -0.05) is 0 Å². The molecule has 3 aromatic heterocycles. The molecule has 2 amide bonds. The minimum Gasteiger partial charge on any atom is -0.490 e. The zero-order valence-electron chi connectivity index (χ0n) is 23.7. The first-order chi connectivity index (χ1) is 21.2. The number of nitrogen functional groups attached to an aromatic ring is 1. The van der Waals surface area contributed by atoms with E-state index in [1.807, 2.05) is 15.5 Å². The molecule has 2 unspecified atom stereocenters. The number of carbonyl (C=O) groups excluding carboxylic acids is 2. The third-order valence-electron chi connectivity index (χ3n) is 8.87. The number of rotatable bonds is 6. The largest absolute Gasteiger partial charge is 0.490 e. The molecule has 1 aromatic carbocycles. The fourth-order valence-corrected chi connectivity index (χ4v) is 6.33. The van der Waals surface area contributed by atoms with E-state index in [1.165, 1.54) is 0 Å². The van der Waals surface area contributed by atoms with E-state index >= 15 is 0 Å². The number of anilines is 2. The quantitative estimate of drug-likeness (QED) is 0.299. The minimum atomic E-state index is -4.57. The van der Waals surface area contributed by atoms with Crippen LogP contribution in [-0.4, -0.2) is 54.8 Å². The molecule has 0 bridgehead atoms. The number of nitrogens with one attached hydrogen (secondary N) is 1. The number of alkyl halides is 3. The predicted molar refractivity (Wildman–Crippen MR) is 155 cm³/mol. The van der Waals surface area contributed by atoms with E-state index in [4.69, 9.17) is 15.5 Å². The highest BCUT2D eigenvalue weighted by Gasteiger charge is 2.38. The van der Waals surface area contributed by atoms with Gasteiger partial charge >= 0.3 is 6.18 Å². The van der Waals surface area contributed by atoms with E-state index < -0.39 is 17.6 Å². The van der Waals surface area contributed by atoms with Crippen LogP contribution in [0.25, 0.3) is 16.8 Å². The highest BCUT2D eigenvalue weighted by Crippen LogP contribution is 2.41. The molecule has 7 rings (SSSR count). The van der Waals surface area contributed by atoms with E-state index in [0.717, 1.165) is 62.7 Å². The van der Waals surface area contributed by atoms with E-state index in [1.54, 1.807) is 24.4 Å². The zero-order chi connectivity index (χ0) is 30.6. The summed E-state index contributed by atoms with van der Waals surface area (Å²) in [5.41, 5.74) is 7.43. The topological polar surface area (TPSA) is 128 Å². The molecule has 13 heteroatoms. The first-order valence-electron chi connectivity index (χ1n) is 14.7. The van der Waals surface area contributed by atoms with Gasteiger partial charge in [0.15, 0.2) is 0 Å². The second-order valence-corrected chi connectivity index (χ2v) is 11.6. The SMILES string of the molecule is Nc1nccn2c(C3CCC4CCC(=O)N4C3)nc(-c3ccc(C(=O)Nc4cc(C(F)(F)F)ccn4)cc3OC3CCC3)c12. The first-order valence-corrected chi connectivity index (χ1v) is 14.7. The average Bonchev–Trinajstić information content (AvgIpc) is 3.56. The van der Waals surface area contributed by atoms with Crippen LogP contribution in [0.3, 0.4) is 0 Å². The number of benzene rings is 1. The summed E-state index contributed by atoms with van der Waals surface area (Å²) in [5.74, 6) is 0.779. The number of pyridine rings is 1. The molecule has 0 spiro atoms. The van der Waals surface area contributed by atoms with Gasteiger partial charge in [0.2, 0.25) is 5.91 Å². The maximum Gasteiger partial charge on any atom is 0.416 e. The molecule has 1 aliphatic carbocycles. The van der Waals surface area contributed by atoms with Gasteiger partial charge in [-0.25, -0.2) is 15.0 Å². The Morgan fingerprint density at radius 1 is 1.05 bits per heavy atom. The first kappa shape index (κ1) is 28.1. The fraction of sp³-hybridized carbons (Fsp3) is 0.387. The van der Waals surface area contributed by atoms with Crippen LogP contribution in [0.1, 0.15) is 72.6 Å². The Morgan fingerprint density at radius 2 is 1.89 bits per heavy atom. The monoisotopic (exact) mass is 605 g/mol. The summed E-state index contributed by atoms with van der Waals surface area (Å²) in [6, 6.07) is 6.76. The van der Waals surface area contributed by atoms with Crippen molar-refractivity contribution in [2.45, 2.75) is 69.2 Å². The second-order valence-electron chi connectivity index (χ2n) is 11.6. The van der Waals surface area contributed by atoms with Gasteiger partial charge in [0.1, 0.15) is 34.4 Å². The molecule has 0 radical (unpaired) electrons. The van der Waals surface area contributed by atoms with Crippen molar-refractivity contribution in [3.8, 4) is 17.0 Å². The van der Waals surface area contributed by atoms with Crippen LogP contribution in [0.5, 0.6) is 5.75 Å². The number of imidazole rings is 1. The van der Waals surface area contributed by atoms with Crippen molar-refractivity contribution < 1.29 is 27.5 Å². The Morgan fingerprint density at radius 3 is 2.66 bits per heavy atom. The van der Waals surface area contributed by atoms with Crippen molar-refractivity contribution in [2.75, 3.05) is 17.6 Å². The van der Waals surface area contributed by atoms with Crippen LogP contribution in [-0.2, 0) is 11.0 Å². The standard InChI is InChI=1S/C31H30F3N7O3/c32-31(33,34)19-10-11-36-24(15-19)38-30(43)17-5-8-22(23(14-17)44-21-2-1-3-21)26-27-28(35)37-12-13-40(27)29(39-26)18-4-6-20-7-9-25(42)41(20)16-18/h5,8,10-15,18,20-21H,1-4,6-7,9,16H2,(H2,35,37)(H,36,38,43). The number of nitrogens with zero attached hydrogens (tertiary/aromatic N) is 5. The lowest BCUT2D eigenvalue weighted by Crippen LogP contribution is -2.41. The summed E-state index contributed by atoms with van der Waals surface area (Å²) < 4.78 is 47.8. The summed E-state index contributed by atoms with van der Waals surface area (Å²) in [5, 5.41) is 2.46. The van der Waals surface area contributed by atoms with Gasteiger partial charge < -0.3 is 20.7 Å². The van der Waals surface area contributed by atoms with Crippen LogP contribution in [0.2, 0.25) is 0 Å². The number of nitrogens with two attached hydrogens (primary N) is 1. The van der Waals surface area contributed by atoms with Crippen molar-refractivity contribution >= 4 is 29.0 Å². The molecule has 2 aliphatic heterocycles. The molecule has 2 atom stereocenters. The van der Waals surface area contributed by atoms with Gasteiger partial charge in [0, 0.05) is 54.6 Å². The maximum atomic E-state index is 13.2. The molecule has 44 heavy (non-hydrogen) atoms. The lowest BCUT2D eigenvalue weighted by molar-refractivity contribution is -0.137. The van der Waals surface area contributed by atoms with Crippen LogP contribution < -0.4 is 15.8 Å². The van der Waals surface area contributed by atoms with Gasteiger partial charge in [-0.2, -0.15) is 13.2 Å². The number of halogens is 3. The van der Waals surface area contributed by atoms with Crippen molar-refractivity contribution in [2.24, 2.45) is 0 Å². The number of piperidine rings is 1. The molecule has 5 heterocycles. The number of hydrogen-bond acceptors (Lipinski definition) is 7. The molecule has 3 N–H and O–H groups in total. The minimum absolute atomic E-state index is 0.00244. The van der Waals surface area contributed by atoms with Crippen LogP contribution >= 0.6 is 0 Å². The van der Waals surface area contributed by atoms with Gasteiger partial charge in [-0.3, -0.25) is 14.0 Å². The number of ether oxygens (including phenoxy) is 1. The van der Waals surface area contributed by atoms with E-state index in [0.29, 0.717) is 35.5 Å². The van der Waals surface area contributed by atoms with Crippen molar-refractivity contribution in [1.29, 1.82) is 0 Å². The van der Waals surface area contributed by atoms with Crippen molar-refractivity contribution in [3.05, 3.63) is 65.9 Å². The van der Waals surface area contributed by atoms with Crippen LogP contribution in [0.15, 0.2) is 48.9 Å². The van der Waals surface area contributed by atoms with E-state index in [-0.39, 0.29) is 41.2 Å². The van der Waals surface area contributed by atoms with E-state index in [9.17, 15) is 22.8 Å². The highest BCUT2D eigenvalue weighted by atomic mass is 19.4. The molecule has 2 saturated heterocycles. The number of amides is 2. The number of hydrogen-bond donors (Lipinski definition) is 2. The third kappa shape index (κ3) is 5.09. The second kappa shape index (κ2) is 10.8. The maximum absolute atomic E-state index is 13.2. The average molecular weight is 606 g/mol. The van der Waals surface area contributed by atoms with Crippen LogP contribution in [0.4, 0.5) is 24.8 Å². The molecule has 3 fully saturated rings. The predicted octanol–water partition coefficient (Wildman–Crippen LogP) is 5.44. The molecule has 4 aromatic rings. The van der Waals surface area contributed by atoms with Crippen molar-refractivity contribution in [1.82, 2.24) is 24.3 Å². The molecule has 228 valence electrons. The summed E-state index contributed by atoms with van der Waals surface area (Å²) in [6.07, 6.45) is 5.80. The van der Waals surface area contributed by atoms with Gasteiger partial charge in [0.05, 0.1) is 11.7 Å². The third-order valence-corrected chi connectivity index (χ3v) is 8.87. The Kier molecular flexibility index (Phi) is 6.90. The van der Waals surface area contributed by atoms with Gasteiger partial charge in [-0.05, 0) is 68.9 Å². The van der Waals surface area contributed by atoms with Gasteiger partial charge in [0.25, 0.3) is 5.91 Å². The smallest absolute Gasteiger partial charge is 0.416 e. The van der Waals surface area contributed by atoms with Crippen molar-refractivity contribution in [3.63, 3.8) is 0 Å². The lowest BCUT2D eigenvalue weighted by Gasteiger charge is -2.34. The highest BCUT2D eigenvalue weighted by molar-refractivity contribution is 6.04. The van der Waals surface area contributed by atoms with Gasteiger partial charge in [-0.15, -0.1) is 0 Å². The molecular weight excluding hydrogens is 575 g/mol. The Labute approximate surface area is 250 Å². The molecule has 10 nitrogen and oxygen atoms in total. The fourth-order valence-electron chi connectivity index (χ4n) is 6.33. The zero-order valence-corrected chi connectivity index (χ0v) is 23.7. The molecule has 3 aliphatic rings. The molecular formula is C31H30F3N7O3. The van der Waals surface area contributed by atoms with Crippen LogP contribution in [0, 0.1) is 0 Å². The summed E-state index contributed by atoms with van der Waals surface area (Å²) >= 11 is 0. The summed E-state index contributed by atoms with van der Waals surface area (Å²) in [7, 11) is 0. The number of carbonyl (C=O) groups is 2. The Balaban J connectivity index is 1.26. The van der Waals surface area contributed by atoms with E-state index in [2.05, 4.69) is 15.3 Å². The Bertz CT molecular complexity index is 1770. The number of fused-ring (bicyclic) bond motifs is 2. The number of aromatic nitrogens is 4. The lowest BCUT2D eigenvalue weighted by atomic mass is 9.92. The summed E-state index contributed by atoms with van der Waals surface area (Å²) in [4.78, 5) is 40.9.